The van der Waals surface area contributed by atoms with Crippen molar-refractivity contribution in [1.82, 2.24) is 5.32 Å². The lowest BCUT2D eigenvalue weighted by atomic mass is 10.1. The topological polar surface area (TPSA) is 38.3 Å². The molecule has 0 radical (unpaired) electrons. The van der Waals surface area contributed by atoms with Crippen LogP contribution in [0.1, 0.15) is 24.9 Å². The van der Waals surface area contributed by atoms with E-state index in [1.165, 1.54) is 13.2 Å². The first-order valence-electron chi connectivity index (χ1n) is 5.29. The summed E-state index contributed by atoms with van der Waals surface area (Å²) in [5.74, 6) is -0.536. The Hall–Kier alpha value is -0.940. The zero-order valence-corrected chi connectivity index (χ0v) is 11.4. The Labute approximate surface area is 108 Å². The lowest BCUT2D eigenvalue weighted by Gasteiger charge is -2.14. The second-order valence-electron chi connectivity index (χ2n) is 3.67. The highest BCUT2D eigenvalue weighted by atomic mass is 79.9. The summed E-state index contributed by atoms with van der Waals surface area (Å²) in [7, 11) is 1.35. The highest BCUT2D eigenvalue weighted by molar-refractivity contribution is 9.10. The van der Waals surface area contributed by atoms with Gasteiger partial charge in [0.25, 0.3) is 0 Å². The first-order chi connectivity index (χ1) is 8.04. The number of carbonyl (C=O) groups is 1. The lowest BCUT2D eigenvalue weighted by Crippen LogP contribution is -2.23. The van der Waals surface area contributed by atoms with Gasteiger partial charge < -0.3 is 10.1 Å². The Morgan fingerprint density at radius 2 is 2.29 bits per heavy atom. The molecule has 0 amide bonds. The van der Waals surface area contributed by atoms with Crippen molar-refractivity contribution in [2.45, 2.75) is 19.4 Å². The van der Waals surface area contributed by atoms with Gasteiger partial charge in [-0.25, -0.2) is 4.39 Å². The van der Waals surface area contributed by atoms with Crippen LogP contribution in [0.25, 0.3) is 0 Å². The molecule has 3 nitrogen and oxygen atoms in total. The molecule has 0 heterocycles. The molecule has 0 aliphatic carbocycles. The van der Waals surface area contributed by atoms with Crippen molar-refractivity contribution >= 4 is 21.9 Å². The maximum atomic E-state index is 13.5. The third-order valence-corrected chi connectivity index (χ3v) is 2.93. The number of methoxy groups -OCH3 is 1. The van der Waals surface area contributed by atoms with Gasteiger partial charge in [-0.15, -0.1) is 0 Å². The van der Waals surface area contributed by atoms with Gasteiger partial charge in [0, 0.05) is 22.6 Å². The molecule has 1 unspecified atom stereocenters. The molecule has 1 aromatic rings. The van der Waals surface area contributed by atoms with Gasteiger partial charge in [0.2, 0.25) is 0 Å². The Balaban J connectivity index is 2.54. The molecule has 1 aromatic carbocycles. The van der Waals surface area contributed by atoms with Crippen molar-refractivity contribution in [3.63, 3.8) is 0 Å². The summed E-state index contributed by atoms with van der Waals surface area (Å²) in [6, 6.07) is 4.64. The number of nitrogens with one attached hydrogen (secondary N) is 1. The van der Waals surface area contributed by atoms with E-state index in [2.05, 4.69) is 26.0 Å². The van der Waals surface area contributed by atoms with Crippen molar-refractivity contribution < 1.29 is 13.9 Å². The maximum absolute atomic E-state index is 13.5. The van der Waals surface area contributed by atoms with Crippen LogP contribution in [0.4, 0.5) is 4.39 Å². The SMILES string of the molecule is COC(=O)CCNC(C)c1cc(Br)ccc1F. The lowest BCUT2D eigenvalue weighted by molar-refractivity contribution is -0.140. The number of esters is 1. The van der Waals surface area contributed by atoms with E-state index in [1.54, 1.807) is 12.1 Å². The Kier molecular flexibility index (Phi) is 5.58. The average Bonchev–Trinajstić information content (AvgIpc) is 2.31. The van der Waals surface area contributed by atoms with E-state index < -0.39 is 0 Å². The molecule has 0 aliphatic rings. The summed E-state index contributed by atoms with van der Waals surface area (Å²) in [6.07, 6.45) is 0.274. The first-order valence-corrected chi connectivity index (χ1v) is 6.09. The van der Waals surface area contributed by atoms with E-state index in [4.69, 9.17) is 0 Å². The highest BCUT2D eigenvalue weighted by Gasteiger charge is 2.11. The van der Waals surface area contributed by atoms with Crippen LogP contribution in [0.2, 0.25) is 0 Å². The summed E-state index contributed by atoms with van der Waals surface area (Å²) < 4.78 is 18.9. The zero-order valence-electron chi connectivity index (χ0n) is 9.80. The average molecular weight is 304 g/mol. The predicted molar refractivity (Wildman–Crippen MR) is 67.2 cm³/mol. The van der Waals surface area contributed by atoms with Gasteiger partial charge in [-0.3, -0.25) is 4.79 Å². The van der Waals surface area contributed by atoms with Gasteiger partial charge in [-0.1, -0.05) is 15.9 Å². The van der Waals surface area contributed by atoms with Crippen molar-refractivity contribution in [3.05, 3.63) is 34.1 Å². The molecule has 94 valence electrons. The van der Waals surface area contributed by atoms with Gasteiger partial charge >= 0.3 is 5.97 Å². The highest BCUT2D eigenvalue weighted by Crippen LogP contribution is 2.21. The van der Waals surface area contributed by atoms with Gasteiger partial charge in [0.05, 0.1) is 13.5 Å². The van der Waals surface area contributed by atoms with Gasteiger partial charge in [0.15, 0.2) is 0 Å². The largest absolute Gasteiger partial charge is 0.469 e. The van der Waals surface area contributed by atoms with Crippen molar-refractivity contribution in [3.8, 4) is 0 Å². The molecular weight excluding hydrogens is 289 g/mol. The van der Waals surface area contributed by atoms with E-state index in [-0.39, 0.29) is 24.2 Å². The summed E-state index contributed by atoms with van der Waals surface area (Å²) in [4.78, 5) is 10.9. The molecule has 5 heteroatoms. The Morgan fingerprint density at radius 3 is 2.94 bits per heavy atom. The van der Waals surface area contributed by atoms with Crippen LogP contribution < -0.4 is 5.32 Å². The van der Waals surface area contributed by atoms with Crippen LogP contribution in [0.3, 0.4) is 0 Å². The zero-order chi connectivity index (χ0) is 12.8. The fourth-order valence-corrected chi connectivity index (χ4v) is 1.83. The number of rotatable bonds is 5. The minimum atomic E-state index is -0.278. The fourth-order valence-electron chi connectivity index (χ4n) is 1.45. The summed E-state index contributed by atoms with van der Waals surface area (Å²) in [5, 5.41) is 3.07. The number of hydrogen-bond acceptors (Lipinski definition) is 3. The summed E-state index contributed by atoms with van der Waals surface area (Å²) in [5.41, 5.74) is 0.573. The summed E-state index contributed by atoms with van der Waals surface area (Å²) in [6.45, 7) is 2.31. The van der Waals surface area contributed by atoms with Crippen LogP contribution in [-0.4, -0.2) is 19.6 Å². The third kappa shape index (κ3) is 4.44. The molecule has 0 saturated heterocycles. The molecule has 17 heavy (non-hydrogen) atoms. The van der Waals surface area contributed by atoms with Crippen molar-refractivity contribution in [2.24, 2.45) is 0 Å². The smallest absolute Gasteiger partial charge is 0.306 e. The van der Waals surface area contributed by atoms with E-state index in [0.717, 1.165) is 4.47 Å². The van der Waals surface area contributed by atoms with E-state index >= 15 is 0 Å². The minimum Gasteiger partial charge on any atom is -0.469 e. The van der Waals surface area contributed by atoms with Crippen molar-refractivity contribution in [1.29, 1.82) is 0 Å². The minimum absolute atomic E-state index is 0.155. The van der Waals surface area contributed by atoms with Crippen LogP contribution in [-0.2, 0) is 9.53 Å². The Bertz CT molecular complexity index is 398. The number of benzene rings is 1. The Morgan fingerprint density at radius 1 is 1.59 bits per heavy atom. The number of carbonyl (C=O) groups excluding carboxylic acids is 1. The van der Waals surface area contributed by atoms with Crippen LogP contribution in [0.5, 0.6) is 0 Å². The van der Waals surface area contributed by atoms with Crippen LogP contribution >= 0.6 is 15.9 Å². The van der Waals surface area contributed by atoms with Crippen LogP contribution in [0.15, 0.2) is 22.7 Å². The maximum Gasteiger partial charge on any atom is 0.306 e. The van der Waals surface area contributed by atoms with E-state index in [1.807, 2.05) is 6.92 Å². The van der Waals surface area contributed by atoms with Gasteiger partial charge in [0.1, 0.15) is 5.82 Å². The molecule has 0 bridgehead atoms. The van der Waals surface area contributed by atoms with E-state index in [0.29, 0.717) is 12.1 Å². The van der Waals surface area contributed by atoms with Crippen LogP contribution in [0, 0.1) is 5.82 Å². The number of ether oxygens (including phenoxy) is 1. The number of halogens is 2. The molecule has 1 atom stereocenters. The quantitative estimate of drug-likeness (QED) is 0.850. The first kappa shape index (κ1) is 14.1. The third-order valence-electron chi connectivity index (χ3n) is 2.43. The monoisotopic (exact) mass is 303 g/mol. The second kappa shape index (κ2) is 6.71. The second-order valence-corrected chi connectivity index (χ2v) is 4.58. The fraction of sp³-hybridized carbons (Fsp3) is 0.417. The number of hydrogen-bond donors (Lipinski definition) is 1. The molecular formula is C12H15BrFNO2. The van der Waals surface area contributed by atoms with Gasteiger partial charge in [-0.05, 0) is 25.1 Å². The van der Waals surface area contributed by atoms with Gasteiger partial charge in [-0.2, -0.15) is 0 Å². The molecule has 1 N–H and O–H groups in total. The molecule has 0 spiro atoms. The molecule has 0 aliphatic heterocycles. The molecule has 0 saturated carbocycles. The molecule has 1 rings (SSSR count). The normalized spacial score (nSPS) is 12.2. The molecule has 0 fully saturated rings. The molecule has 0 aromatic heterocycles. The predicted octanol–water partition coefficient (Wildman–Crippen LogP) is 2.80. The van der Waals surface area contributed by atoms with Crippen molar-refractivity contribution in [2.75, 3.05) is 13.7 Å². The standard InChI is InChI=1S/C12H15BrFNO2/c1-8(15-6-5-12(16)17-2)10-7-9(13)3-4-11(10)14/h3-4,7-8,15H,5-6H2,1-2H3. The summed E-state index contributed by atoms with van der Waals surface area (Å²) >= 11 is 3.30. The van der Waals surface area contributed by atoms with E-state index in [9.17, 15) is 9.18 Å².